The SMILES string of the molecule is CCCCCCCCC(C)Cn1c(=O)c(-c2ccc(-c3cc4sc(C(C)(C)C)cc4s3)s2)cc2c1cc(-c1ccc(C(C)(C)C)s1)c(=O)n2CC(C)CCCCCCCC. The third-order valence-electron chi connectivity index (χ3n) is 12.1. The molecule has 0 saturated carbocycles. The van der Waals surface area contributed by atoms with Crippen LogP contribution in [0, 0.1) is 11.8 Å². The van der Waals surface area contributed by atoms with Gasteiger partial charge in [0, 0.05) is 51.8 Å². The lowest BCUT2D eigenvalue weighted by molar-refractivity contribution is 0.420. The first-order chi connectivity index (χ1) is 28.6. The summed E-state index contributed by atoms with van der Waals surface area (Å²) in [4.78, 5) is 37.1. The van der Waals surface area contributed by atoms with Crippen molar-refractivity contribution in [1.29, 1.82) is 0 Å². The highest BCUT2D eigenvalue weighted by atomic mass is 32.1. The third kappa shape index (κ3) is 11.4. The van der Waals surface area contributed by atoms with Crippen molar-refractivity contribution in [2.24, 2.45) is 11.8 Å². The van der Waals surface area contributed by atoms with Crippen LogP contribution in [-0.4, -0.2) is 9.13 Å². The maximum absolute atomic E-state index is 15.1. The molecule has 6 aromatic rings. The summed E-state index contributed by atoms with van der Waals surface area (Å²) in [5.41, 5.74) is 3.40. The van der Waals surface area contributed by atoms with Crippen molar-refractivity contribution in [3.8, 4) is 30.6 Å². The van der Waals surface area contributed by atoms with Gasteiger partial charge in [0.15, 0.2) is 0 Å². The van der Waals surface area contributed by atoms with Crippen LogP contribution in [0.15, 0.2) is 58.1 Å². The predicted molar refractivity (Wildman–Crippen MR) is 270 cm³/mol. The maximum atomic E-state index is 15.1. The quantitative estimate of drug-likeness (QED) is 0.0676. The van der Waals surface area contributed by atoms with Crippen molar-refractivity contribution < 1.29 is 0 Å². The minimum Gasteiger partial charge on any atom is -0.306 e. The number of pyridine rings is 2. The maximum Gasteiger partial charge on any atom is 0.259 e. The van der Waals surface area contributed by atoms with E-state index in [9.17, 15) is 4.79 Å². The molecule has 0 amide bonds. The van der Waals surface area contributed by atoms with Gasteiger partial charge < -0.3 is 9.13 Å². The largest absolute Gasteiger partial charge is 0.306 e. The van der Waals surface area contributed by atoms with Crippen LogP contribution in [0.2, 0.25) is 0 Å². The van der Waals surface area contributed by atoms with Crippen molar-refractivity contribution in [2.75, 3.05) is 0 Å². The number of fused-ring (bicyclic) bond motifs is 2. The van der Waals surface area contributed by atoms with E-state index in [-0.39, 0.29) is 21.9 Å². The minimum atomic E-state index is -0.0128. The Labute approximate surface area is 377 Å². The van der Waals surface area contributed by atoms with E-state index in [4.69, 9.17) is 0 Å². The standard InChI is InChI=1S/C52H72N2O2S4/c1-11-13-15-17-19-21-23-35(3)33-53-40-30-38(42-27-28-47(59-42)51(5,6)7)50(56)54(34-36(4)24-22-20-18-16-14-12-2)39(40)29-37(49(53)55)41-25-26-43(57-41)44-31-45-46(58-44)32-48(60-45)52(8,9)10/h25-32,35-36H,11-24,33-34H2,1-10H3. The van der Waals surface area contributed by atoms with Crippen LogP contribution in [0.1, 0.15) is 169 Å². The molecule has 2 unspecified atom stereocenters. The van der Waals surface area contributed by atoms with Crippen molar-refractivity contribution in [3.63, 3.8) is 0 Å². The van der Waals surface area contributed by atoms with Gasteiger partial charge in [-0.2, -0.15) is 0 Å². The fourth-order valence-electron chi connectivity index (χ4n) is 8.38. The first-order valence-corrected chi connectivity index (χ1v) is 26.4. The van der Waals surface area contributed by atoms with Gasteiger partial charge in [0.05, 0.1) is 22.2 Å². The van der Waals surface area contributed by atoms with Crippen molar-refractivity contribution in [3.05, 3.63) is 79.0 Å². The molecule has 2 atom stereocenters. The molecule has 6 heterocycles. The number of aromatic nitrogens is 2. The number of hydrogen-bond donors (Lipinski definition) is 0. The number of nitrogens with zero attached hydrogens (tertiary/aromatic N) is 2. The molecule has 0 radical (unpaired) electrons. The average Bonchev–Trinajstić information content (AvgIpc) is 4.01. The first-order valence-electron chi connectivity index (χ1n) is 23.2. The zero-order valence-electron chi connectivity index (χ0n) is 38.4. The molecule has 0 aromatic carbocycles. The monoisotopic (exact) mass is 884 g/mol. The zero-order valence-corrected chi connectivity index (χ0v) is 41.7. The fraction of sp³-hybridized carbons (Fsp3) is 0.577. The molecule has 0 aliphatic heterocycles. The lowest BCUT2D eigenvalue weighted by Gasteiger charge is -2.22. The van der Waals surface area contributed by atoms with Gasteiger partial charge in [0.1, 0.15) is 0 Å². The lowest BCUT2D eigenvalue weighted by Crippen LogP contribution is -2.30. The smallest absolute Gasteiger partial charge is 0.259 e. The highest BCUT2D eigenvalue weighted by Crippen LogP contribution is 2.44. The van der Waals surface area contributed by atoms with Gasteiger partial charge in [-0.3, -0.25) is 9.59 Å². The summed E-state index contributed by atoms with van der Waals surface area (Å²) < 4.78 is 6.77. The Hall–Kier alpha value is -2.78. The van der Waals surface area contributed by atoms with Gasteiger partial charge in [0.25, 0.3) is 11.1 Å². The summed E-state index contributed by atoms with van der Waals surface area (Å²) in [5, 5.41) is 0. The second-order valence-corrected chi connectivity index (χ2v) is 24.2. The summed E-state index contributed by atoms with van der Waals surface area (Å²) in [5.74, 6) is 0.657. The molecule has 8 heteroatoms. The molecule has 0 spiro atoms. The Morgan fingerprint density at radius 1 is 0.483 bits per heavy atom. The van der Waals surface area contributed by atoms with E-state index in [1.54, 1.807) is 22.7 Å². The summed E-state index contributed by atoms with van der Waals surface area (Å²) >= 11 is 7.16. The topological polar surface area (TPSA) is 44.0 Å². The van der Waals surface area contributed by atoms with Crippen LogP contribution in [-0.2, 0) is 23.9 Å². The zero-order chi connectivity index (χ0) is 43.2. The molecule has 0 N–H and O–H groups in total. The van der Waals surface area contributed by atoms with E-state index in [2.05, 4.69) is 127 Å². The molecule has 0 saturated heterocycles. The summed E-state index contributed by atoms with van der Waals surface area (Å²) in [6.07, 6.45) is 17.3. The van der Waals surface area contributed by atoms with Gasteiger partial charge in [-0.1, -0.05) is 146 Å². The minimum absolute atomic E-state index is 0.0128. The van der Waals surface area contributed by atoms with E-state index in [1.165, 1.54) is 106 Å². The van der Waals surface area contributed by atoms with Crippen molar-refractivity contribution in [1.82, 2.24) is 9.13 Å². The molecule has 0 aliphatic rings. The van der Waals surface area contributed by atoms with Crippen LogP contribution in [0.3, 0.4) is 0 Å². The molecule has 0 fully saturated rings. The molecule has 6 rings (SSSR count). The van der Waals surface area contributed by atoms with E-state index in [1.807, 2.05) is 22.7 Å². The fourth-order valence-corrected chi connectivity index (χ4v) is 13.0. The molecule has 4 nitrogen and oxygen atoms in total. The second-order valence-electron chi connectivity index (χ2n) is 19.8. The van der Waals surface area contributed by atoms with Crippen LogP contribution < -0.4 is 11.1 Å². The van der Waals surface area contributed by atoms with Gasteiger partial charge in [-0.15, -0.1) is 45.3 Å². The summed E-state index contributed by atoms with van der Waals surface area (Å²) in [6.45, 7) is 24.0. The number of rotatable bonds is 21. The van der Waals surface area contributed by atoms with E-state index >= 15 is 4.79 Å². The van der Waals surface area contributed by atoms with E-state index in [0.29, 0.717) is 36.1 Å². The third-order valence-corrected chi connectivity index (χ3v) is 17.7. The first kappa shape index (κ1) is 46.7. The molecular formula is C52H72N2O2S4. The lowest BCUT2D eigenvalue weighted by atomic mass is 9.95. The van der Waals surface area contributed by atoms with Gasteiger partial charge in [0.2, 0.25) is 0 Å². The van der Waals surface area contributed by atoms with Crippen LogP contribution in [0.4, 0.5) is 0 Å². The molecule has 60 heavy (non-hydrogen) atoms. The molecule has 326 valence electrons. The molecule has 0 aliphatic carbocycles. The Bertz CT molecular complexity index is 2400. The molecule has 6 aromatic heterocycles. The highest BCUT2D eigenvalue weighted by molar-refractivity contribution is 7.31. The Morgan fingerprint density at radius 2 is 0.933 bits per heavy atom. The van der Waals surface area contributed by atoms with Crippen LogP contribution in [0.5, 0.6) is 0 Å². The molecular weight excluding hydrogens is 813 g/mol. The second kappa shape index (κ2) is 20.6. The Balaban J connectivity index is 1.45. The van der Waals surface area contributed by atoms with Gasteiger partial charge >= 0.3 is 0 Å². The Kier molecular flexibility index (Phi) is 16.0. The molecule has 0 bridgehead atoms. The normalized spacial score (nSPS) is 13.6. The van der Waals surface area contributed by atoms with E-state index < -0.39 is 0 Å². The highest BCUT2D eigenvalue weighted by Gasteiger charge is 2.24. The van der Waals surface area contributed by atoms with Gasteiger partial charge in [-0.25, -0.2) is 0 Å². The predicted octanol–water partition coefficient (Wildman–Crippen LogP) is 16.9. The summed E-state index contributed by atoms with van der Waals surface area (Å²) in [6, 6.07) is 17.5. The van der Waals surface area contributed by atoms with Crippen LogP contribution >= 0.6 is 45.3 Å². The van der Waals surface area contributed by atoms with Crippen LogP contribution in [0.25, 0.3) is 51.1 Å². The Morgan fingerprint density at radius 3 is 1.42 bits per heavy atom. The van der Waals surface area contributed by atoms with Gasteiger partial charge in [-0.05, 0) is 84.0 Å². The van der Waals surface area contributed by atoms with E-state index in [0.717, 1.165) is 33.6 Å². The van der Waals surface area contributed by atoms with Crippen molar-refractivity contribution >= 4 is 65.8 Å². The summed E-state index contributed by atoms with van der Waals surface area (Å²) in [7, 11) is 0. The average molecular weight is 885 g/mol. The number of hydrogen-bond acceptors (Lipinski definition) is 6. The number of unbranched alkanes of at least 4 members (excludes halogenated alkanes) is 10. The number of thiophene rings is 4. The van der Waals surface area contributed by atoms with Crippen molar-refractivity contribution in [2.45, 2.75) is 183 Å².